The molecule has 0 saturated carbocycles. The van der Waals surface area contributed by atoms with Crippen molar-refractivity contribution in [1.82, 2.24) is 0 Å². The molecular formula is C44H39Cl2S2SiZr. The summed E-state index contributed by atoms with van der Waals surface area (Å²) in [6.45, 7) is 9.13. The summed E-state index contributed by atoms with van der Waals surface area (Å²) in [5, 5.41) is 4.43. The maximum absolute atomic E-state index is 7.36. The summed E-state index contributed by atoms with van der Waals surface area (Å²) < 4.78 is 0. The van der Waals surface area contributed by atoms with E-state index in [1.54, 1.807) is 0 Å². The van der Waals surface area contributed by atoms with Crippen molar-refractivity contribution >= 4 is 68.9 Å². The van der Waals surface area contributed by atoms with Crippen LogP contribution in [0.25, 0.3) is 45.6 Å². The molecule has 8 rings (SSSR count). The summed E-state index contributed by atoms with van der Waals surface area (Å²) in [6, 6.07) is 38.1. The zero-order valence-corrected chi connectivity index (χ0v) is 35.5. The summed E-state index contributed by atoms with van der Waals surface area (Å²) in [6.07, 6.45) is 5.02. The zero-order valence-electron chi connectivity index (χ0n) is 28.8. The molecule has 2 heterocycles. The Morgan fingerprint density at radius 1 is 0.580 bits per heavy atom. The number of hydrogen-bond acceptors (Lipinski definition) is 2. The van der Waals surface area contributed by atoms with Crippen molar-refractivity contribution in [2.24, 2.45) is 0 Å². The SMILES string of the molecule is Cc1cc2c(c(-c3ccccc3)c1C)C=C(c1cccs1)C2C[SiH](CC1C(c2cccs2)=Cc2c1cc(C)c(C)c2-c1ccccc1)[Zr]([Cl])[Cl]. The van der Waals surface area contributed by atoms with Crippen molar-refractivity contribution in [3.63, 3.8) is 0 Å². The fraction of sp³-hybridized carbons (Fsp3) is 0.182. The molecule has 0 saturated heterocycles. The van der Waals surface area contributed by atoms with Gasteiger partial charge in [-0.1, -0.05) is 0 Å². The Morgan fingerprint density at radius 2 is 1.00 bits per heavy atom. The van der Waals surface area contributed by atoms with E-state index in [0.717, 1.165) is 12.1 Å². The first-order valence-electron chi connectivity index (χ1n) is 17.4. The third kappa shape index (κ3) is 6.29. The van der Waals surface area contributed by atoms with E-state index in [1.807, 2.05) is 22.7 Å². The molecule has 2 atom stereocenters. The molecule has 0 bridgehead atoms. The van der Waals surface area contributed by atoms with Crippen LogP contribution in [0.3, 0.4) is 0 Å². The van der Waals surface area contributed by atoms with E-state index in [4.69, 9.17) is 17.0 Å². The van der Waals surface area contributed by atoms with E-state index >= 15 is 0 Å². The second kappa shape index (κ2) is 14.5. The van der Waals surface area contributed by atoms with Gasteiger partial charge in [-0.2, -0.15) is 0 Å². The molecule has 0 N–H and O–H groups in total. The quantitative estimate of drug-likeness (QED) is 0.127. The number of thiophene rings is 2. The Labute approximate surface area is 320 Å². The summed E-state index contributed by atoms with van der Waals surface area (Å²) in [5.41, 5.74) is 19.4. The monoisotopic (exact) mass is 819 g/mol. The fourth-order valence-corrected chi connectivity index (χ4v) is 25.1. The van der Waals surface area contributed by atoms with Crippen LogP contribution in [0.5, 0.6) is 0 Å². The summed E-state index contributed by atoms with van der Waals surface area (Å²) in [5.74, 6) is -0.977. The number of hydrogen-bond donors (Lipinski definition) is 0. The van der Waals surface area contributed by atoms with E-state index < -0.39 is 24.4 Å². The standard InChI is InChI=1S/C44H39S2Si.2ClH.Zr/c1-27-21-33-37(43(29(27)3)31-13-7-5-8-14-31)23-35(41-17-11-19-45-41)39(33)25-47-26-40-34-22-28(2)30(4)44(32-15-9-6-10-16-32)38(34)24-36(40)42-18-12-20-46-42;;;/h5-24,39-40,47H,25-26H2,1-4H3;2*1H;/q;;;+2/p-2. The average molecular weight is 822 g/mol. The van der Waals surface area contributed by atoms with Crippen molar-refractivity contribution < 1.29 is 18.5 Å². The van der Waals surface area contributed by atoms with Crippen LogP contribution in [0.4, 0.5) is 0 Å². The molecule has 0 fully saturated rings. The van der Waals surface area contributed by atoms with Crippen molar-refractivity contribution in [2.75, 3.05) is 0 Å². The Bertz CT molecular complexity index is 2080. The number of aryl methyl sites for hydroxylation is 2. The molecule has 50 heavy (non-hydrogen) atoms. The van der Waals surface area contributed by atoms with E-state index in [0.29, 0.717) is 11.8 Å². The van der Waals surface area contributed by atoms with E-state index in [-0.39, 0.29) is 0 Å². The Balaban J connectivity index is 1.23. The molecule has 6 heteroatoms. The molecule has 2 aliphatic rings. The Kier molecular flexibility index (Phi) is 9.98. The van der Waals surface area contributed by atoms with Gasteiger partial charge in [0.2, 0.25) is 0 Å². The van der Waals surface area contributed by atoms with Crippen LogP contribution < -0.4 is 0 Å². The fourth-order valence-electron chi connectivity index (χ4n) is 8.34. The Morgan fingerprint density at radius 3 is 1.36 bits per heavy atom. The van der Waals surface area contributed by atoms with Gasteiger partial charge in [-0.3, -0.25) is 0 Å². The predicted molar refractivity (Wildman–Crippen MR) is 221 cm³/mol. The van der Waals surface area contributed by atoms with Gasteiger partial charge >= 0.3 is 323 Å². The van der Waals surface area contributed by atoms with Crippen molar-refractivity contribution in [2.45, 2.75) is 51.6 Å². The molecule has 6 aromatic rings. The first-order valence-corrected chi connectivity index (χ1v) is 31.9. The van der Waals surface area contributed by atoms with Gasteiger partial charge in [-0.05, 0) is 0 Å². The van der Waals surface area contributed by atoms with Crippen LogP contribution in [-0.4, -0.2) is 5.92 Å². The molecule has 4 aromatic carbocycles. The van der Waals surface area contributed by atoms with Crippen LogP contribution >= 0.6 is 39.7 Å². The normalized spacial score (nSPS) is 16.9. The molecule has 0 radical (unpaired) electrons. The van der Waals surface area contributed by atoms with Crippen molar-refractivity contribution in [3.8, 4) is 22.3 Å². The number of benzene rings is 4. The second-order valence-corrected chi connectivity index (χ2v) is 39.2. The number of allylic oxidation sites excluding steroid dienone is 2. The van der Waals surface area contributed by atoms with Gasteiger partial charge in [0.05, 0.1) is 0 Å². The first kappa shape index (κ1) is 34.5. The number of rotatable bonds is 9. The molecule has 2 aliphatic carbocycles. The third-order valence-corrected chi connectivity index (χ3v) is 34.5. The van der Waals surface area contributed by atoms with Gasteiger partial charge in [0.1, 0.15) is 0 Å². The topological polar surface area (TPSA) is 0 Å². The van der Waals surface area contributed by atoms with Crippen molar-refractivity contribution in [1.29, 1.82) is 0 Å². The molecule has 0 amide bonds. The van der Waals surface area contributed by atoms with Crippen LogP contribution in [0, 0.1) is 27.7 Å². The summed E-state index contributed by atoms with van der Waals surface area (Å²) in [7, 11) is 14.7. The van der Waals surface area contributed by atoms with Crippen molar-refractivity contribution in [3.05, 3.63) is 162 Å². The van der Waals surface area contributed by atoms with E-state index in [1.165, 1.54) is 87.7 Å². The maximum atomic E-state index is 7.36. The minimum atomic E-state index is -2.67. The van der Waals surface area contributed by atoms with Crippen LogP contribution in [0.15, 0.2) is 108 Å². The second-order valence-electron chi connectivity index (χ2n) is 13.8. The average Bonchev–Trinajstić information content (AvgIpc) is 3.95. The molecule has 0 nitrogen and oxygen atoms in total. The van der Waals surface area contributed by atoms with Crippen LogP contribution in [0.1, 0.15) is 66.1 Å². The number of halogens is 2. The minimum absolute atomic E-state index is 0.310. The summed E-state index contributed by atoms with van der Waals surface area (Å²) in [4.78, 5) is 2.73. The molecule has 249 valence electrons. The Hall–Kier alpha value is -2.56. The van der Waals surface area contributed by atoms with E-state index in [9.17, 15) is 0 Å². The first-order chi connectivity index (χ1) is 24.3. The third-order valence-electron chi connectivity index (χ3n) is 11.0. The van der Waals surface area contributed by atoms with Gasteiger partial charge in [0.15, 0.2) is 0 Å². The van der Waals surface area contributed by atoms with Gasteiger partial charge in [0, 0.05) is 0 Å². The van der Waals surface area contributed by atoms with E-state index in [2.05, 4.69) is 148 Å². The van der Waals surface area contributed by atoms with Crippen LogP contribution in [-0.2, 0) is 18.5 Å². The molecule has 0 spiro atoms. The zero-order chi connectivity index (χ0) is 34.5. The van der Waals surface area contributed by atoms with Gasteiger partial charge in [-0.25, -0.2) is 0 Å². The number of fused-ring (bicyclic) bond motifs is 2. The van der Waals surface area contributed by atoms with Crippen LogP contribution in [0.2, 0.25) is 12.1 Å². The summed E-state index contributed by atoms with van der Waals surface area (Å²) >= 11 is 1.04. The molecular weight excluding hydrogens is 783 g/mol. The van der Waals surface area contributed by atoms with Gasteiger partial charge in [0.25, 0.3) is 0 Å². The predicted octanol–water partition coefficient (Wildman–Crippen LogP) is 14.0. The van der Waals surface area contributed by atoms with Gasteiger partial charge < -0.3 is 0 Å². The molecule has 2 unspecified atom stereocenters. The molecule has 0 aliphatic heterocycles. The molecule has 2 aromatic heterocycles. The van der Waals surface area contributed by atoms with Gasteiger partial charge in [-0.15, -0.1) is 0 Å².